The van der Waals surface area contributed by atoms with Crippen LogP contribution in [0.3, 0.4) is 0 Å². The number of para-hydroxylation sites is 2. The minimum Gasteiger partial charge on any atom is -0.451 e. The maximum Gasteiger partial charge on any atom is 0.433 e. The molecule has 10 nitrogen and oxygen atoms in total. The van der Waals surface area contributed by atoms with Crippen molar-refractivity contribution in [2.45, 2.75) is 13.5 Å². The summed E-state index contributed by atoms with van der Waals surface area (Å²) in [6, 6.07) is 25.4. The molecule has 0 aliphatic carbocycles. The van der Waals surface area contributed by atoms with Crippen LogP contribution in [0.4, 0.5) is 10.5 Å². The standard InChI is InChI=1S/C29H24N6O4/c1-19(36)25-18-34(33-31-25)17-23-26(28(37)32-35(29(38)39-2)21-13-7-4-8-14-21)22-15-9-10-16-24(22)30-27(23)20-11-5-3-6-12-20/h3-16,18H,17H2,1-2H3,(H,32,37). The van der Waals surface area contributed by atoms with Crippen LogP contribution in [0.25, 0.3) is 22.2 Å². The highest BCUT2D eigenvalue weighted by atomic mass is 16.5. The number of hydrazine groups is 1. The maximum absolute atomic E-state index is 14.1. The second-order valence-corrected chi connectivity index (χ2v) is 8.64. The van der Waals surface area contributed by atoms with E-state index < -0.39 is 12.0 Å². The van der Waals surface area contributed by atoms with E-state index in [0.29, 0.717) is 33.4 Å². The van der Waals surface area contributed by atoms with E-state index in [1.807, 2.05) is 48.5 Å². The maximum atomic E-state index is 14.1. The number of carbonyl (C=O) groups is 3. The number of ketones is 1. The molecule has 0 aliphatic rings. The molecule has 2 amide bonds. The van der Waals surface area contributed by atoms with Gasteiger partial charge in [-0.25, -0.2) is 14.5 Å². The van der Waals surface area contributed by atoms with Crippen molar-refractivity contribution in [2.75, 3.05) is 12.1 Å². The molecule has 1 N–H and O–H groups in total. The summed E-state index contributed by atoms with van der Waals surface area (Å²) in [5.41, 5.74) is 6.11. The van der Waals surface area contributed by atoms with Gasteiger partial charge in [-0.1, -0.05) is 71.9 Å². The van der Waals surface area contributed by atoms with Gasteiger partial charge in [0, 0.05) is 23.4 Å². The van der Waals surface area contributed by atoms with Gasteiger partial charge in [0.25, 0.3) is 5.91 Å². The van der Waals surface area contributed by atoms with Gasteiger partial charge in [-0.15, -0.1) is 5.10 Å². The lowest BCUT2D eigenvalue weighted by Gasteiger charge is -2.23. The molecular weight excluding hydrogens is 496 g/mol. The monoisotopic (exact) mass is 520 g/mol. The summed E-state index contributed by atoms with van der Waals surface area (Å²) in [5, 5.41) is 9.67. The number of aromatic nitrogens is 4. The first-order chi connectivity index (χ1) is 19.0. The fourth-order valence-corrected chi connectivity index (χ4v) is 4.24. The second-order valence-electron chi connectivity index (χ2n) is 8.64. The van der Waals surface area contributed by atoms with Crippen LogP contribution in [0.2, 0.25) is 0 Å². The number of benzene rings is 3. The van der Waals surface area contributed by atoms with Crippen LogP contribution < -0.4 is 10.4 Å². The number of fused-ring (bicyclic) bond motifs is 1. The van der Waals surface area contributed by atoms with E-state index in [0.717, 1.165) is 10.6 Å². The normalized spacial score (nSPS) is 10.7. The zero-order valence-corrected chi connectivity index (χ0v) is 21.2. The molecule has 2 heterocycles. The molecule has 0 fully saturated rings. The predicted molar refractivity (Wildman–Crippen MR) is 145 cm³/mol. The minimum atomic E-state index is -0.764. The number of pyridine rings is 1. The zero-order valence-electron chi connectivity index (χ0n) is 21.2. The van der Waals surface area contributed by atoms with Gasteiger partial charge in [0.05, 0.1) is 42.3 Å². The fourth-order valence-electron chi connectivity index (χ4n) is 4.24. The van der Waals surface area contributed by atoms with Gasteiger partial charge < -0.3 is 4.74 Å². The highest BCUT2D eigenvalue weighted by Crippen LogP contribution is 2.31. The van der Waals surface area contributed by atoms with E-state index in [1.165, 1.54) is 24.9 Å². The van der Waals surface area contributed by atoms with Gasteiger partial charge in [0.15, 0.2) is 5.78 Å². The van der Waals surface area contributed by atoms with Gasteiger partial charge in [-0.2, -0.15) is 5.01 Å². The lowest BCUT2D eigenvalue weighted by atomic mass is 9.96. The summed E-state index contributed by atoms with van der Waals surface area (Å²) < 4.78 is 6.43. The Bertz CT molecular complexity index is 1670. The number of nitrogens with zero attached hydrogens (tertiary/aromatic N) is 5. The molecule has 3 aromatic carbocycles. The van der Waals surface area contributed by atoms with E-state index in [2.05, 4.69) is 15.7 Å². The third kappa shape index (κ3) is 5.21. The molecule has 0 radical (unpaired) electrons. The smallest absolute Gasteiger partial charge is 0.433 e. The highest BCUT2D eigenvalue weighted by molar-refractivity contribution is 6.10. The number of amides is 2. The summed E-state index contributed by atoms with van der Waals surface area (Å²) in [4.78, 5) is 43.5. The number of nitrogens with one attached hydrogen (secondary N) is 1. The number of hydrogen-bond acceptors (Lipinski definition) is 7. The van der Waals surface area contributed by atoms with Crippen molar-refractivity contribution in [3.8, 4) is 11.3 Å². The summed E-state index contributed by atoms with van der Waals surface area (Å²) in [5.74, 6) is -0.780. The molecule has 10 heteroatoms. The molecule has 0 saturated heterocycles. The van der Waals surface area contributed by atoms with Crippen molar-refractivity contribution >= 4 is 34.4 Å². The van der Waals surface area contributed by atoms with Crippen LogP contribution in [0.5, 0.6) is 0 Å². The average Bonchev–Trinajstić information content (AvgIpc) is 3.45. The van der Waals surface area contributed by atoms with Gasteiger partial charge in [0.2, 0.25) is 0 Å². The summed E-state index contributed by atoms with van der Waals surface area (Å²) in [6.07, 6.45) is 0.763. The zero-order chi connectivity index (χ0) is 27.4. The molecule has 0 aliphatic heterocycles. The third-order valence-corrected chi connectivity index (χ3v) is 6.07. The van der Waals surface area contributed by atoms with Gasteiger partial charge >= 0.3 is 6.09 Å². The van der Waals surface area contributed by atoms with E-state index in [9.17, 15) is 14.4 Å². The topological polar surface area (TPSA) is 119 Å². The molecule has 0 bridgehead atoms. The Morgan fingerprint density at radius 1 is 0.923 bits per heavy atom. The second kappa shape index (κ2) is 10.9. The van der Waals surface area contributed by atoms with Crippen molar-refractivity contribution < 1.29 is 19.1 Å². The van der Waals surface area contributed by atoms with Gasteiger partial charge in [-0.05, 0) is 18.2 Å². The van der Waals surface area contributed by atoms with Crippen LogP contribution >= 0.6 is 0 Å². The molecule has 0 spiro atoms. The Balaban J connectivity index is 1.70. The van der Waals surface area contributed by atoms with Crippen LogP contribution in [0.1, 0.15) is 33.3 Å². The van der Waals surface area contributed by atoms with Crippen LogP contribution in [0, 0.1) is 0 Å². The molecule has 194 valence electrons. The Kier molecular flexibility index (Phi) is 7.09. The number of methoxy groups -OCH3 is 1. The Labute approximate surface area is 223 Å². The fraction of sp³-hybridized carbons (Fsp3) is 0.103. The number of Topliss-reactive ketones (excluding diaryl/α,β-unsaturated/α-hetero) is 1. The van der Waals surface area contributed by atoms with Crippen molar-refractivity contribution in [3.63, 3.8) is 0 Å². The summed E-state index contributed by atoms with van der Waals surface area (Å²) in [7, 11) is 1.24. The molecule has 0 saturated carbocycles. The number of rotatable bonds is 6. The lowest BCUT2D eigenvalue weighted by Crippen LogP contribution is -2.47. The van der Waals surface area contributed by atoms with Crippen LogP contribution in [-0.4, -0.2) is 44.9 Å². The molecule has 0 atom stereocenters. The van der Waals surface area contributed by atoms with Gasteiger partial charge in [-0.3, -0.25) is 15.0 Å². The first-order valence-electron chi connectivity index (χ1n) is 12.1. The van der Waals surface area contributed by atoms with E-state index in [-0.39, 0.29) is 18.0 Å². The molecule has 39 heavy (non-hydrogen) atoms. The molecule has 2 aromatic heterocycles. The molecule has 5 rings (SSSR count). The Hall–Kier alpha value is -5.38. The number of hydrogen-bond donors (Lipinski definition) is 1. The first-order valence-corrected chi connectivity index (χ1v) is 12.1. The van der Waals surface area contributed by atoms with Crippen molar-refractivity contribution in [3.05, 3.63) is 108 Å². The Morgan fingerprint density at radius 2 is 1.59 bits per heavy atom. The van der Waals surface area contributed by atoms with Crippen molar-refractivity contribution in [1.82, 2.24) is 25.4 Å². The number of ether oxygens (including phenoxy) is 1. The van der Waals surface area contributed by atoms with Crippen molar-refractivity contribution in [2.24, 2.45) is 0 Å². The van der Waals surface area contributed by atoms with Crippen LogP contribution in [-0.2, 0) is 11.3 Å². The third-order valence-electron chi connectivity index (χ3n) is 6.07. The lowest BCUT2D eigenvalue weighted by molar-refractivity contribution is 0.0940. The highest BCUT2D eigenvalue weighted by Gasteiger charge is 2.26. The van der Waals surface area contributed by atoms with Crippen molar-refractivity contribution in [1.29, 1.82) is 0 Å². The Morgan fingerprint density at radius 3 is 2.26 bits per heavy atom. The largest absolute Gasteiger partial charge is 0.451 e. The van der Waals surface area contributed by atoms with E-state index in [4.69, 9.17) is 9.72 Å². The number of carbonyl (C=O) groups excluding carboxylic acids is 3. The summed E-state index contributed by atoms with van der Waals surface area (Å²) in [6.45, 7) is 1.50. The average molecular weight is 521 g/mol. The van der Waals surface area contributed by atoms with E-state index in [1.54, 1.807) is 36.4 Å². The minimum absolute atomic E-state index is 0.0919. The molecular formula is C29H24N6O4. The van der Waals surface area contributed by atoms with E-state index >= 15 is 0 Å². The summed E-state index contributed by atoms with van der Waals surface area (Å²) >= 11 is 0. The predicted octanol–water partition coefficient (Wildman–Crippen LogP) is 4.66. The SMILES string of the molecule is COC(=O)N(NC(=O)c1c(Cn2cc(C(C)=O)nn2)c(-c2ccccc2)nc2ccccc12)c1ccccc1. The molecule has 5 aromatic rings. The van der Waals surface area contributed by atoms with Gasteiger partial charge in [0.1, 0.15) is 5.69 Å². The number of anilines is 1. The first kappa shape index (κ1) is 25.3. The van der Waals surface area contributed by atoms with Crippen LogP contribution in [0.15, 0.2) is 91.1 Å². The quantitative estimate of drug-likeness (QED) is 0.255. The molecule has 0 unspecified atom stereocenters.